The van der Waals surface area contributed by atoms with Gasteiger partial charge in [-0.25, -0.2) is 0 Å². The number of H-pyrrole nitrogens is 1. The summed E-state index contributed by atoms with van der Waals surface area (Å²) in [5.74, 6) is 0.286. The smallest absolute Gasteiger partial charge is 0.311 e. The Bertz CT molecular complexity index is 681. The molecule has 1 aliphatic heterocycles. The number of nitrogens with zero attached hydrogens (tertiary/aromatic N) is 2. The third-order valence-corrected chi connectivity index (χ3v) is 3.54. The molecule has 0 amide bonds. The van der Waals surface area contributed by atoms with Crippen LogP contribution in [0.3, 0.4) is 0 Å². The summed E-state index contributed by atoms with van der Waals surface area (Å²) in [7, 11) is 0. The van der Waals surface area contributed by atoms with Gasteiger partial charge in [0.05, 0.1) is 17.2 Å². The zero-order valence-corrected chi connectivity index (χ0v) is 11.7. The van der Waals surface area contributed by atoms with Crippen LogP contribution >= 0.6 is 0 Å². The number of ether oxygens (including phenoxy) is 1. The standard InChI is InChI=1S/C14H16N4O3/c1-2-21-13-4-3-9(7-12(13)18(19)20)14-10-8-15-6-5-11(10)16-17-14/h3-4,7,15H,2,5-6,8H2,1H3,(H,16,17). The third kappa shape index (κ3) is 2.47. The van der Waals surface area contributed by atoms with Gasteiger partial charge in [0.15, 0.2) is 5.75 Å². The summed E-state index contributed by atoms with van der Waals surface area (Å²) in [5.41, 5.74) is 3.64. The van der Waals surface area contributed by atoms with E-state index in [2.05, 4.69) is 15.5 Å². The highest BCUT2D eigenvalue weighted by molar-refractivity contribution is 5.69. The van der Waals surface area contributed by atoms with Crippen LogP contribution in [-0.4, -0.2) is 28.3 Å². The molecule has 1 aromatic carbocycles. The Morgan fingerprint density at radius 2 is 2.33 bits per heavy atom. The lowest BCUT2D eigenvalue weighted by Crippen LogP contribution is -2.23. The van der Waals surface area contributed by atoms with Gasteiger partial charge in [-0.1, -0.05) is 0 Å². The average Bonchev–Trinajstić information content (AvgIpc) is 2.92. The minimum atomic E-state index is -0.425. The number of benzene rings is 1. The van der Waals surface area contributed by atoms with Crippen molar-refractivity contribution in [2.45, 2.75) is 19.9 Å². The third-order valence-electron chi connectivity index (χ3n) is 3.54. The maximum atomic E-state index is 11.2. The van der Waals surface area contributed by atoms with Crippen molar-refractivity contribution in [3.05, 3.63) is 39.6 Å². The molecule has 3 rings (SSSR count). The highest BCUT2D eigenvalue weighted by atomic mass is 16.6. The molecule has 0 atom stereocenters. The fourth-order valence-corrected chi connectivity index (χ4v) is 2.55. The largest absolute Gasteiger partial charge is 0.487 e. The zero-order valence-electron chi connectivity index (χ0n) is 11.7. The summed E-state index contributed by atoms with van der Waals surface area (Å²) in [6.45, 7) is 3.83. The number of nitro groups is 1. The van der Waals surface area contributed by atoms with Crippen molar-refractivity contribution in [1.29, 1.82) is 0 Å². The van der Waals surface area contributed by atoms with Crippen molar-refractivity contribution in [1.82, 2.24) is 15.5 Å². The van der Waals surface area contributed by atoms with Gasteiger partial charge in [0.2, 0.25) is 0 Å². The molecule has 0 spiro atoms. The predicted molar refractivity (Wildman–Crippen MR) is 77.3 cm³/mol. The van der Waals surface area contributed by atoms with E-state index in [0.29, 0.717) is 6.61 Å². The van der Waals surface area contributed by atoms with Crippen molar-refractivity contribution in [3.8, 4) is 17.0 Å². The van der Waals surface area contributed by atoms with Gasteiger partial charge < -0.3 is 10.1 Å². The highest BCUT2D eigenvalue weighted by Gasteiger charge is 2.21. The first-order chi connectivity index (χ1) is 10.2. The molecule has 2 aromatic rings. The molecule has 0 radical (unpaired) electrons. The second kappa shape index (κ2) is 5.53. The van der Waals surface area contributed by atoms with Crippen molar-refractivity contribution < 1.29 is 9.66 Å². The maximum Gasteiger partial charge on any atom is 0.311 e. The molecule has 1 aliphatic rings. The quantitative estimate of drug-likeness (QED) is 0.663. The molecule has 0 aliphatic carbocycles. The van der Waals surface area contributed by atoms with Crippen LogP contribution in [0.1, 0.15) is 18.2 Å². The molecule has 0 saturated carbocycles. The van der Waals surface area contributed by atoms with Gasteiger partial charge in [-0.2, -0.15) is 5.10 Å². The van der Waals surface area contributed by atoms with Gasteiger partial charge in [0.1, 0.15) is 0 Å². The van der Waals surface area contributed by atoms with E-state index < -0.39 is 4.92 Å². The summed E-state index contributed by atoms with van der Waals surface area (Å²) < 4.78 is 5.30. The molecule has 7 nitrogen and oxygen atoms in total. The van der Waals surface area contributed by atoms with Gasteiger partial charge in [0, 0.05) is 42.4 Å². The highest BCUT2D eigenvalue weighted by Crippen LogP contribution is 2.34. The summed E-state index contributed by atoms with van der Waals surface area (Å²) in [5, 5.41) is 21.8. The van der Waals surface area contributed by atoms with E-state index in [9.17, 15) is 10.1 Å². The van der Waals surface area contributed by atoms with Gasteiger partial charge >= 0.3 is 5.69 Å². The second-order valence-electron chi connectivity index (χ2n) is 4.83. The van der Waals surface area contributed by atoms with E-state index in [1.54, 1.807) is 13.0 Å². The molecule has 110 valence electrons. The molecule has 7 heteroatoms. The van der Waals surface area contributed by atoms with E-state index in [0.717, 1.165) is 42.0 Å². The number of hydrogen-bond acceptors (Lipinski definition) is 5. The van der Waals surface area contributed by atoms with Crippen LogP contribution in [0.4, 0.5) is 5.69 Å². The van der Waals surface area contributed by atoms with Crippen LogP contribution in [0.2, 0.25) is 0 Å². The van der Waals surface area contributed by atoms with Crippen molar-refractivity contribution in [3.63, 3.8) is 0 Å². The average molecular weight is 288 g/mol. The Balaban J connectivity index is 2.05. The minimum absolute atomic E-state index is 0.0325. The van der Waals surface area contributed by atoms with E-state index >= 15 is 0 Å². The van der Waals surface area contributed by atoms with Gasteiger partial charge in [0.25, 0.3) is 0 Å². The number of aromatic amines is 1. The SMILES string of the molecule is CCOc1ccc(-c2n[nH]c3c2CNCC3)cc1[N+](=O)[O-]. The summed E-state index contributed by atoms with van der Waals surface area (Å²) in [6, 6.07) is 4.97. The summed E-state index contributed by atoms with van der Waals surface area (Å²) >= 11 is 0. The van der Waals surface area contributed by atoms with Crippen LogP contribution in [0.5, 0.6) is 5.75 Å². The first-order valence-electron chi connectivity index (χ1n) is 6.89. The van der Waals surface area contributed by atoms with E-state index in [1.807, 2.05) is 6.07 Å². The van der Waals surface area contributed by atoms with Crippen molar-refractivity contribution in [2.24, 2.45) is 0 Å². The van der Waals surface area contributed by atoms with Crippen LogP contribution in [-0.2, 0) is 13.0 Å². The number of nitrogens with one attached hydrogen (secondary N) is 2. The van der Waals surface area contributed by atoms with Crippen LogP contribution in [0, 0.1) is 10.1 Å². The van der Waals surface area contributed by atoms with Crippen LogP contribution < -0.4 is 10.1 Å². The fourth-order valence-electron chi connectivity index (χ4n) is 2.55. The Morgan fingerprint density at radius 1 is 1.48 bits per heavy atom. The maximum absolute atomic E-state index is 11.2. The first-order valence-corrected chi connectivity index (χ1v) is 6.89. The topological polar surface area (TPSA) is 93.1 Å². The molecular formula is C14H16N4O3. The number of fused-ring (bicyclic) bond motifs is 1. The Kier molecular flexibility index (Phi) is 3.57. The minimum Gasteiger partial charge on any atom is -0.487 e. The molecule has 0 bridgehead atoms. The molecule has 0 fully saturated rings. The second-order valence-corrected chi connectivity index (χ2v) is 4.83. The molecule has 0 unspecified atom stereocenters. The van der Waals surface area contributed by atoms with Crippen LogP contribution in [0.15, 0.2) is 18.2 Å². The van der Waals surface area contributed by atoms with Gasteiger partial charge in [-0.3, -0.25) is 15.2 Å². The molecular weight excluding hydrogens is 272 g/mol. The monoisotopic (exact) mass is 288 g/mol. The number of hydrogen-bond donors (Lipinski definition) is 2. The summed E-state index contributed by atoms with van der Waals surface area (Å²) in [4.78, 5) is 10.8. The molecule has 2 heterocycles. The number of nitro benzene ring substituents is 1. The first kappa shape index (κ1) is 13.6. The fraction of sp³-hybridized carbons (Fsp3) is 0.357. The van der Waals surface area contributed by atoms with Crippen molar-refractivity contribution >= 4 is 5.69 Å². The predicted octanol–water partition coefficient (Wildman–Crippen LogP) is 2.03. The van der Waals surface area contributed by atoms with Crippen LogP contribution in [0.25, 0.3) is 11.3 Å². The molecule has 2 N–H and O–H groups in total. The Morgan fingerprint density at radius 3 is 3.10 bits per heavy atom. The molecule has 21 heavy (non-hydrogen) atoms. The summed E-state index contributed by atoms with van der Waals surface area (Å²) in [6.07, 6.45) is 0.890. The van der Waals surface area contributed by atoms with Gasteiger partial charge in [-0.05, 0) is 19.1 Å². The zero-order chi connectivity index (χ0) is 14.8. The number of rotatable bonds is 4. The lowest BCUT2D eigenvalue weighted by molar-refractivity contribution is -0.385. The molecule has 0 saturated heterocycles. The number of aromatic nitrogens is 2. The van der Waals surface area contributed by atoms with Gasteiger partial charge in [-0.15, -0.1) is 0 Å². The van der Waals surface area contributed by atoms with E-state index in [-0.39, 0.29) is 11.4 Å². The normalized spacial score (nSPS) is 13.8. The van der Waals surface area contributed by atoms with E-state index in [1.165, 1.54) is 6.07 Å². The Labute approximate surface area is 121 Å². The van der Waals surface area contributed by atoms with Crippen molar-refractivity contribution in [2.75, 3.05) is 13.2 Å². The Hall–Kier alpha value is -2.41. The molecule has 1 aromatic heterocycles. The lowest BCUT2D eigenvalue weighted by atomic mass is 10.0. The van der Waals surface area contributed by atoms with E-state index in [4.69, 9.17) is 4.74 Å². The lowest BCUT2D eigenvalue weighted by Gasteiger charge is -2.13.